The Balaban J connectivity index is 1.74. The van der Waals surface area contributed by atoms with Crippen LogP contribution < -0.4 is 10.1 Å². The van der Waals surface area contributed by atoms with Crippen LogP contribution in [0.4, 0.5) is 5.69 Å². The summed E-state index contributed by atoms with van der Waals surface area (Å²) < 4.78 is 5.63. The smallest absolute Gasteiger partial charge is 0.241 e. The van der Waals surface area contributed by atoms with Crippen LogP contribution in [0.25, 0.3) is 0 Å². The zero-order chi connectivity index (χ0) is 15.6. The Labute approximate surface area is 133 Å². The number of carbonyl (C=O) groups is 1. The Morgan fingerprint density at radius 3 is 2.45 bits per heavy atom. The quantitative estimate of drug-likeness (QED) is 0.781. The largest absolute Gasteiger partial charge is 0.494 e. The molecule has 0 bridgehead atoms. The fraction of sp³-hybridized carbons (Fsp3) is 0.611. The van der Waals surface area contributed by atoms with Crippen molar-refractivity contribution in [3.8, 4) is 5.75 Å². The Hall–Kier alpha value is -1.71. The van der Waals surface area contributed by atoms with E-state index in [-0.39, 0.29) is 5.91 Å². The molecule has 1 aliphatic rings. The third-order valence-corrected chi connectivity index (χ3v) is 4.02. The SMILES string of the molecule is CCCCOc1ccc(NCC(=O)N2CCCCCC2)cc1. The number of benzene rings is 1. The molecule has 0 radical (unpaired) electrons. The van der Waals surface area contributed by atoms with Crippen molar-refractivity contribution < 1.29 is 9.53 Å². The number of nitrogens with one attached hydrogen (secondary N) is 1. The van der Waals surface area contributed by atoms with Gasteiger partial charge in [-0.05, 0) is 43.5 Å². The summed E-state index contributed by atoms with van der Waals surface area (Å²) in [7, 11) is 0. The molecule has 1 N–H and O–H groups in total. The Kier molecular flexibility index (Phi) is 7.07. The lowest BCUT2D eigenvalue weighted by Gasteiger charge is -2.20. The third-order valence-electron chi connectivity index (χ3n) is 4.02. The van der Waals surface area contributed by atoms with Crippen molar-refractivity contribution in [2.24, 2.45) is 0 Å². The molecular formula is C18H28N2O2. The molecule has 4 heteroatoms. The van der Waals surface area contributed by atoms with E-state index in [2.05, 4.69) is 12.2 Å². The van der Waals surface area contributed by atoms with E-state index < -0.39 is 0 Å². The highest BCUT2D eigenvalue weighted by molar-refractivity contribution is 5.80. The predicted octanol–water partition coefficient (Wildman–Crippen LogP) is 3.68. The zero-order valence-corrected chi connectivity index (χ0v) is 13.6. The van der Waals surface area contributed by atoms with Gasteiger partial charge in [-0.3, -0.25) is 4.79 Å². The highest BCUT2D eigenvalue weighted by atomic mass is 16.5. The maximum Gasteiger partial charge on any atom is 0.241 e. The van der Waals surface area contributed by atoms with Gasteiger partial charge in [0.1, 0.15) is 5.75 Å². The number of carbonyl (C=O) groups excluding carboxylic acids is 1. The molecule has 1 saturated heterocycles. The molecule has 0 spiro atoms. The number of anilines is 1. The number of hydrogen-bond acceptors (Lipinski definition) is 3. The molecule has 1 fully saturated rings. The first-order valence-corrected chi connectivity index (χ1v) is 8.54. The summed E-state index contributed by atoms with van der Waals surface area (Å²) in [6.07, 6.45) is 6.97. The van der Waals surface area contributed by atoms with Gasteiger partial charge in [-0.2, -0.15) is 0 Å². The van der Waals surface area contributed by atoms with Crippen LogP contribution in [0.2, 0.25) is 0 Å². The molecule has 0 unspecified atom stereocenters. The minimum atomic E-state index is 0.199. The summed E-state index contributed by atoms with van der Waals surface area (Å²) in [5.74, 6) is 1.09. The van der Waals surface area contributed by atoms with Crippen LogP contribution in [0, 0.1) is 0 Å². The molecule has 1 amide bonds. The standard InChI is InChI=1S/C18H28N2O2/c1-2-3-14-22-17-10-8-16(9-11-17)19-15-18(21)20-12-6-4-5-7-13-20/h8-11,19H,2-7,12-15H2,1H3. The third kappa shape index (κ3) is 5.58. The molecule has 1 aromatic carbocycles. The van der Waals surface area contributed by atoms with Crippen LogP contribution in [0.3, 0.4) is 0 Å². The topological polar surface area (TPSA) is 41.6 Å². The lowest BCUT2D eigenvalue weighted by atomic mass is 10.2. The van der Waals surface area contributed by atoms with E-state index in [0.29, 0.717) is 6.54 Å². The molecule has 122 valence electrons. The average molecular weight is 304 g/mol. The van der Waals surface area contributed by atoms with Gasteiger partial charge in [0.2, 0.25) is 5.91 Å². The Morgan fingerprint density at radius 1 is 1.14 bits per heavy atom. The summed E-state index contributed by atoms with van der Waals surface area (Å²) in [6, 6.07) is 7.84. The van der Waals surface area contributed by atoms with Gasteiger partial charge in [-0.15, -0.1) is 0 Å². The molecule has 0 saturated carbocycles. The second-order valence-electron chi connectivity index (χ2n) is 5.87. The maximum atomic E-state index is 12.2. The highest BCUT2D eigenvalue weighted by Gasteiger charge is 2.14. The lowest BCUT2D eigenvalue weighted by Crippen LogP contribution is -2.36. The van der Waals surface area contributed by atoms with Crippen molar-refractivity contribution in [2.45, 2.75) is 45.4 Å². The number of likely N-dealkylation sites (tertiary alicyclic amines) is 1. The van der Waals surface area contributed by atoms with Crippen LogP contribution in [-0.2, 0) is 4.79 Å². The fourth-order valence-electron chi connectivity index (χ4n) is 2.61. The second-order valence-corrected chi connectivity index (χ2v) is 5.87. The predicted molar refractivity (Wildman–Crippen MR) is 90.4 cm³/mol. The van der Waals surface area contributed by atoms with E-state index in [4.69, 9.17) is 4.74 Å². The van der Waals surface area contributed by atoms with Crippen LogP contribution >= 0.6 is 0 Å². The summed E-state index contributed by atoms with van der Waals surface area (Å²) in [5.41, 5.74) is 0.964. The van der Waals surface area contributed by atoms with Gasteiger partial charge in [0.05, 0.1) is 13.2 Å². The van der Waals surface area contributed by atoms with Crippen molar-refractivity contribution in [3.05, 3.63) is 24.3 Å². The van der Waals surface area contributed by atoms with Gasteiger partial charge < -0.3 is 15.0 Å². The minimum absolute atomic E-state index is 0.199. The van der Waals surface area contributed by atoms with Crippen LogP contribution in [-0.4, -0.2) is 37.0 Å². The average Bonchev–Trinajstić information content (AvgIpc) is 2.83. The number of ether oxygens (including phenoxy) is 1. The van der Waals surface area contributed by atoms with Gasteiger partial charge >= 0.3 is 0 Å². The normalized spacial score (nSPS) is 15.2. The van der Waals surface area contributed by atoms with E-state index in [1.165, 1.54) is 12.8 Å². The van der Waals surface area contributed by atoms with Gasteiger partial charge in [0.15, 0.2) is 0 Å². The van der Waals surface area contributed by atoms with Gasteiger partial charge in [0, 0.05) is 18.8 Å². The van der Waals surface area contributed by atoms with E-state index >= 15 is 0 Å². The highest BCUT2D eigenvalue weighted by Crippen LogP contribution is 2.16. The van der Waals surface area contributed by atoms with E-state index in [1.807, 2.05) is 29.2 Å². The molecule has 1 aromatic rings. The van der Waals surface area contributed by atoms with Gasteiger partial charge in [-0.1, -0.05) is 26.2 Å². The van der Waals surface area contributed by atoms with Crippen molar-refractivity contribution >= 4 is 11.6 Å². The molecule has 22 heavy (non-hydrogen) atoms. The fourth-order valence-corrected chi connectivity index (χ4v) is 2.61. The first-order chi connectivity index (χ1) is 10.8. The Morgan fingerprint density at radius 2 is 1.82 bits per heavy atom. The van der Waals surface area contributed by atoms with Gasteiger partial charge in [-0.25, -0.2) is 0 Å². The van der Waals surface area contributed by atoms with Crippen LogP contribution in [0.1, 0.15) is 45.4 Å². The van der Waals surface area contributed by atoms with Gasteiger partial charge in [0.25, 0.3) is 0 Å². The van der Waals surface area contributed by atoms with Crippen molar-refractivity contribution in [2.75, 3.05) is 31.6 Å². The monoisotopic (exact) mass is 304 g/mol. The molecular weight excluding hydrogens is 276 g/mol. The number of rotatable bonds is 7. The number of hydrogen-bond donors (Lipinski definition) is 1. The van der Waals surface area contributed by atoms with E-state index in [1.54, 1.807) is 0 Å². The molecule has 0 atom stereocenters. The maximum absolute atomic E-state index is 12.2. The van der Waals surface area contributed by atoms with Crippen LogP contribution in [0.5, 0.6) is 5.75 Å². The summed E-state index contributed by atoms with van der Waals surface area (Å²) >= 11 is 0. The van der Waals surface area contributed by atoms with E-state index in [0.717, 1.165) is 56.8 Å². The molecule has 1 aliphatic heterocycles. The first kappa shape index (κ1) is 16.7. The van der Waals surface area contributed by atoms with Crippen molar-refractivity contribution in [3.63, 3.8) is 0 Å². The lowest BCUT2D eigenvalue weighted by molar-refractivity contribution is -0.129. The number of unbranched alkanes of at least 4 members (excludes halogenated alkanes) is 1. The first-order valence-electron chi connectivity index (χ1n) is 8.54. The Bertz CT molecular complexity index is 437. The number of nitrogens with zero attached hydrogens (tertiary/aromatic N) is 1. The van der Waals surface area contributed by atoms with Crippen molar-refractivity contribution in [1.82, 2.24) is 4.90 Å². The zero-order valence-electron chi connectivity index (χ0n) is 13.6. The molecule has 0 aliphatic carbocycles. The summed E-state index contributed by atoms with van der Waals surface area (Å²) in [4.78, 5) is 14.2. The van der Waals surface area contributed by atoms with Crippen LogP contribution in [0.15, 0.2) is 24.3 Å². The van der Waals surface area contributed by atoms with E-state index in [9.17, 15) is 4.79 Å². The molecule has 2 rings (SSSR count). The summed E-state index contributed by atoms with van der Waals surface area (Å²) in [5, 5.41) is 3.21. The number of amides is 1. The second kappa shape index (κ2) is 9.34. The molecule has 4 nitrogen and oxygen atoms in total. The summed E-state index contributed by atoms with van der Waals surface area (Å²) in [6.45, 7) is 5.10. The molecule has 0 aromatic heterocycles. The minimum Gasteiger partial charge on any atom is -0.494 e. The van der Waals surface area contributed by atoms with Crippen molar-refractivity contribution in [1.29, 1.82) is 0 Å². The molecule has 1 heterocycles.